The van der Waals surface area contributed by atoms with Crippen molar-refractivity contribution >= 4 is 17.9 Å². The Morgan fingerprint density at radius 2 is 1.19 bits per heavy atom. The quantitative estimate of drug-likeness (QED) is 0.428. The van der Waals surface area contributed by atoms with Gasteiger partial charge in [0.1, 0.15) is 11.5 Å². The van der Waals surface area contributed by atoms with Crippen molar-refractivity contribution < 1.29 is 39.2 Å². The number of benzene rings is 1. The summed E-state index contributed by atoms with van der Waals surface area (Å²) >= 11 is 0. The SMILES string of the molecule is COc1cc(CN(CCN(CC(=O)O)CC(=O)O)CC(=O)O)cc(OC)c1. The summed E-state index contributed by atoms with van der Waals surface area (Å²) in [5.74, 6) is -2.25. The van der Waals surface area contributed by atoms with E-state index in [1.54, 1.807) is 23.1 Å². The van der Waals surface area contributed by atoms with Gasteiger partial charge in [-0.3, -0.25) is 24.2 Å². The van der Waals surface area contributed by atoms with E-state index >= 15 is 0 Å². The summed E-state index contributed by atoms with van der Waals surface area (Å²) in [6.07, 6.45) is 0. The van der Waals surface area contributed by atoms with Crippen molar-refractivity contribution in [2.24, 2.45) is 0 Å². The number of carboxylic acids is 3. The van der Waals surface area contributed by atoms with E-state index in [2.05, 4.69) is 0 Å². The fourth-order valence-corrected chi connectivity index (χ4v) is 2.50. The lowest BCUT2D eigenvalue weighted by Crippen LogP contribution is -2.41. The van der Waals surface area contributed by atoms with Gasteiger partial charge in [-0.15, -0.1) is 0 Å². The summed E-state index contributed by atoms with van der Waals surface area (Å²) in [5.41, 5.74) is 0.746. The third kappa shape index (κ3) is 8.88. The first-order valence-electron chi connectivity index (χ1n) is 8.05. The second kappa shape index (κ2) is 11.0. The first-order valence-corrected chi connectivity index (χ1v) is 8.05. The highest BCUT2D eigenvalue weighted by Crippen LogP contribution is 2.23. The second-order valence-corrected chi connectivity index (χ2v) is 5.82. The average molecular weight is 384 g/mol. The van der Waals surface area contributed by atoms with E-state index < -0.39 is 31.0 Å². The third-order valence-electron chi connectivity index (χ3n) is 3.63. The highest BCUT2D eigenvalue weighted by atomic mass is 16.5. The third-order valence-corrected chi connectivity index (χ3v) is 3.63. The molecule has 0 radical (unpaired) electrons. The second-order valence-electron chi connectivity index (χ2n) is 5.82. The molecule has 1 rings (SSSR count). The van der Waals surface area contributed by atoms with Crippen LogP contribution in [0.2, 0.25) is 0 Å². The number of hydrogen-bond donors (Lipinski definition) is 3. The van der Waals surface area contributed by atoms with E-state index in [0.717, 1.165) is 5.56 Å². The average Bonchev–Trinajstić information content (AvgIpc) is 2.57. The van der Waals surface area contributed by atoms with Crippen molar-refractivity contribution in [3.8, 4) is 11.5 Å². The molecule has 0 heterocycles. The topological polar surface area (TPSA) is 137 Å². The number of rotatable bonds is 13. The molecule has 0 aliphatic carbocycles. The van der Waals surface area contributed by atoms with E-state index in [1.165, 1.54) is 19.1 Å². The highest BCUT2D eigenvalue weighted by Gasteiger charge is 2.17. The summed E-state index contributed by atoms with van der Waals surface area (Å²) in [6.45, 7) is -0.666. The Balaban J connectivity index is 2.87. The lowest BCUT2D eigenvalue weighted by molar-refractivity contribution is -0.143. The summed E-state index contributed by atoms with van der Waals surface area (Å²) in [5, 5.41) is 26.9. The smallest absolute Gasteiger partial charge is 0.317 e. The van der Waals surface area contributed by atoms with Crippen LogP contribution in [0.1, 0.15) is 5.56 Å². The number of aliphatic carboxylic acids is 3. The Morgan fingerprint density at radius 3 is 1.59 bits per heavy atom. The van der Waals surface area contributed by atoms with E-state index in [1.807, 2.05) is 0 Å². The zero-order chi connectivity index (χ0) is 20.4. The number of ether oxygens (including phenoxy) is 2. The van der Waals surface area contributed by atoms with Gasteiger partial charge in [0.05, 0.1) is 33.9 Å². The van der Waals surface area contributed by atoms with Gasteiger partial charge in [0, 0.05) is 25.7 Å². The zero-order valence-electron chi connectivity index (χ0n) is 15.3. The van der Waals surface area contributed by atoms with Crippen LogP contribution in [0.15, 0.2) is 18.2 Å². The Bertz CT molecular complexity index is 626. The Hall–Kier alpha value is -2.85. The standard InChI is InChI=1S/C17H24N2O8/c1-26-13-5-12(6-14(7-13)27-2)8-18(9-15(20)21)3-4-19(10-16(22)23)11-17(24)25/h5-7H,3-4,8-11H2,1-2H3,(H,20,21)(H,22,23)(H,24,25). The summed E-state index contributed by atoms with van der Waals surface area (Å²) in [6, 6.07) is 5.17. The van der Waals surface area contributed by atoms with Gasteiger partial charge >= 0.3 is 17.9 Å². The number of hydrogen-bond acceptors (Lipinski definition) is 7. The molecule has 0 fully saturated rings. The van der Waals surface area contributed by atoms with Gasteiger partial charge in [0.2, 0.25) is 0 Å². The van der Waals surface area contributed by atoms with Crippen LogP contribution < -0.4 is 9.47 Å². The molecule has 0 aliphatic rings. The van der Waals surface area contributed by atoms with Crippen LogP contribution in [-0.2, 0) is 20.9 Å². The van der Waals surface area contributed by atoms with Crippen molar-refractivity contribution in [2.75, 3.05) is 46.9 Å². The molecule has 0 amide bonds. The van der Waals surface area contributed by atoms with Crippen molar-refractivity contribution in [3.63, 3.8) is 0 Å². The van der Waals surface area contributed by atoms with Crippen LogP contribution in [0.5, 0.6) is 11.5 Å². The number of nitrogens with zero attached hydrogens (tertiary/aromatic N) is 2. The highest BCUT2D eigenvalue weighted by molar-refractivity contribution is 5.72. The van der Waals surface area contributed by atoms with E-state index in [-0.39, 0.29) is 26.2 Å². The fraction of sp³-hybridized carbons (Fsp3) is 0.471. The molecular formula is C17H24N2O8. The van der Waals surface area contributed by atoms with Gasteiger partial charge in [0.25, 0.3) is 0 Å². The minimum Gasteiger partial charge on any atom is -0.497 e. The molecule has 10 heteroatoms. The minimum atomic E-state index is -1.15. The van der Waals surface area contributed by atoms with Crippen molar-refractivity contribution in [1.29, 1.82) is 0 Å². The van der Waals surface area contributed by atoms with Gasteiger partial charge in [-0.1, -0.05) is 0 Å². The number of carboxylic acid groups (broad SMARTS) is 3. The molecule has 27 heavy (non-hydrogen) atoms. The van der Waals surface area contributed by atoms with E-state index in [4.69, 9.17) is 24.8 Å². The predicted octanol–water partition coefficient (Wildman–Crippen LogP) is 0.0616. The molecule has 10 nitrogen and oxygen atoms in total. The molecule has 0 saturated heterocycles. The normalized spacial score (nSPS) is 10.8. The fourth-order valence-electron chi connectivity index (χ4n) is 2.50. The monoisotopic (exact) mass is 384 g/mol. The maximum atomic E-state index is 11.2. The van der Waals surface area contributed by atoms with Crippen molar-refractivity contribution in [1.82, 2.24) is 9.80 Å². The Morgan fingerprint density at radius 1 is 0.778 bits per heavy atom. The largest absolute Gasteiger partial charge is 0.497 e. The van der Waals surface area contributed by atoms with E-state index in [0.29, 0.717) is 11.5 Å². The number of methoxy groups -OCH3 is 2. The summed E-state index contributed by atoms with van der Waals surface area (Å²) < 4.78 is 10.4. The van der Waals surface area contributed by atoms with Crippen molar-refractivity contribution in [2.45, 2.75) is 6.54 Å². The van der Waals surface area contributed by atoms with Gasteiger partial charge in [-0.05, 0) is 17.7 Å². The summed E-state index contributed by atoms with van der Waals surface area (Å²) in [7, 11) is 3.01. The van der Waals surface area contributed by atoms with Crippen LogP contribution in [0.25, 0.3) is 0 Å². The van der Waals surface area contributed by atoms with Gasteiger partial charge in [-0.25, -0.2) is 0 Å². The molecule has 3 N–H and O–H groups in total. The summed E-state index contributed by atoms with van der Waals surface area (Å²) in [4.78, 5) is 35.7. The van der Waals surface area contributed by atoms with Crippen LogP contribution in [0, 0.1) is 0 Å². The molecule has 0 aliphatic heterocycles. The van der Waals surface area contributed by atoms with Crippen LogP contribution >= 0.6 is 0 Å². The lowest BCUT2D eigenvalue weighted by Gasteiger charge is -2.25. The molecular weight excluding hydrogens is 360 g/mol. The van der Waals surface area contributed by atoms with E-state index in [9.17, 15) is 14.4 Å². The maximum Gasteiger partial charge on any atom is 0.317 e. The predicted molar refractivity (Wildman–Crippen MR) is 94.2 cm³/mol. The van der Waals surface area contributed by atoms with Gasteiger partial charge in [-0.2, -0.15) is 0 Å². The molecule has 150 valence electrons. The van der Waals surface area contributed by atoms with Crippen molar-refractivity contribution in [3.05, 3.63) is 23.8 Å². The molecule has 0 unspecified atom stereocenters. The first kappa shape index (κ1) is 22.2. The molecule has 0 atom stereocenters. The molecule has 0 spiro atoms. The number of carbonyl (C=O) groups is 3. The lowest BCUT2D eigenvalue weighted by atomic mass is 10.2. The molecule has 0 bridgehead atoms. The molecule has 0 aromatic heterocycles. The minimum absolute atomic E-state index is 0.0903. The first-order chi connectivity index (χ1) is 12.7. The molecule has 0 saturated carbocycles. The zero-order valence-corrected chi connectivity index (χ0v) is 15.3. The van der Waals surface area contributed by atoms with Gasteiger partial charge in [0.15, 0.2) is 0 Å². The Kier molecular flexibility index (Phi) is 9.03. The van der Waals surface area contributed by atoms with Crippen LogP contribution in [-0.4, -0.2) is 90.0 Å². The maximum absolute atomic E-state index is 11.2. The Labute approximate surface area is 156 Å². The van der Waals surface area contributed by atoms with Crippen LogP contribution in [0.3, 0.4) is 0 Å². The molecule has 1 aromatic rings. The van der Waals surface area contributed by atoms with Gasteiger partial charge < -0.3 is 24.8 Å². The van der Waals surface area contributed by atoms with Crippen LogP contribution in [0.4, 0.5) is 0 Å². The molecule has 1 aromatic carbocycles.